The molecule has 0 aromatic heterocycles. The van der Waals surface area contributed by atoms with Gasteiger partial charge in [0.15, 0.2) is 0 Å². The third-order valence-electron chi connectivity index (χ3n) is 4.15. The molecule has 1 aliphatic rings. The van der Waals surface area contributed by atoms with E-state index in [0.717, 1.165) is 11.6 Å². The number of carbonyl (C=O) groups excluding carboxylic acids is 1. The van der Waals surface area contributed by atoms with Crippen LogP contribution in [0.2, 0.25) is 0 Å². The van der Waals surface area contributed by atoms with Crippen LogP contribution in [0.25, 0.3) is 0 Å². The van der Waals surface area contributed by atoms with E-state index in [1.165, 1.54) is 16.4 Å². The number of ether oxygens (including phenoxy) is 1. The summed E-state index contributed by atoms with van der Waals surface area (Å²) >= 11 is 0. The fourth-order valence-electron chi connectivity index (χ4n) is 2.77. The zero-order valence-electron chi connectivity index (χ0n) is 14.2. The quantitative estimate of drug-likeness (QED) is 0.819. The molecule has 26 heavy (non-hydrogen) atoms. The first-order valence-corrected chi connectivity index (χ1v) is 9.65. The Morgan fingerprint density at radius 2 is 1.85 bits per heavy atom. The van der Waals surface area contributed by atoms with Crippen molar-refractivity contribution in [2.45, 2.75) is 11.0 Å². The molecule has 7 heteroatoms. The van der Waals surface area contributed by atoms with Crippen LogP contribution in [0.4, 0.5) is 5.69 Å². The number of carbonyl (C=O) groups is 1. The van der Waals surface area contributed by atoms with Gasteiger partial charge in [-0.05, 0) is 35.9 Å². The van der Waals surface area contributed by atoms with Crippen LogP contribution in [0.1, 0.15) is 11.7 Å². The Labute approximate surface area is 153 Å². The lowest BCUT2D eigenvalue weighted by atomic mass is 10.1. The highest BCUT2D eigenvalue weighted by atomic mass is 32.2. The van der Waals surface area contributed by atoms with Gasteiger partial charge in [-0.15, -0.1) is 0 Å². The van der Waals surface area contributed by atoms with Crippen molar-refractivity contribution in [1.29, 1.82) is 0 Å². The minimum atomic E-state index is -3.63. The van der Waals surface area contributed by atoms with E-state index in [0.29, 0.717) is 18.8 Å². The molecule has 0 aliphatic carbocycles. The summed E-state index contributed by atoms with van der Waals surface area (Å²) in [5.74, 6) is -0.348. The van der Waals surface area contributed by atoms with Crippen LogP contribution in [0.15, 0.2) is 72.1 Å². The average Bonchev–Trinajstić information content (AvgIpc) is 2.69. The van der Waals surface area contributed by atoms with Crippen molar-refractivity contribution in [3.63, 3.8) is 0 Å². The van der Waals surface area contributed by atoms with Gasteiger partial charge in [0.2, 0.25) is 15.9 Å². The molecule has 1 amide bonds. The van der Waals surface area contributed by atoms with Gasteiger partial charge in [-0.3, -0.25) is 4.79 Å². The molecular formula is C19H20N2O4S. The molecule has 2 aromatic carbocycles. The van der Waals surface area contributed by atoms with Crippen molar-refractivity contribution in [3.05, 3.63) is 72.8 Å². The molecule has 0 bridgehead atoms. The third-order valence-corrected chi connectivity index (χ3v) is 6.02. The van der Waals surface area contributed by atoms with Gasteiger partial charge in [0.1, 0.15) is 0 Å². The Hall–Kier alpha value is -2.48. The summed E-state index contributed by atoms with van der Waals surface area (Å²) in [4.78, 5) is 11.5. The number of sulfonamides is 1. The van der Waals surface area contributed by atoms with E-state index >= 15 is 0 Å². The topological polar surface area (TPSA) is 75.7 Å². The molecule has 3 rings (SSSR count). The number of hydrogen-bond donors (Lipinski definition) is 1. The zero-order chi connectivity index (χ0) is 18.6. The van der Waals surface area contributed by atoms with Gasteiger partial charge in [0.25, 0.3) is 0 Å². The normalized spacial score (nSPS) is 18.2. The maximum atomic E-state index is 12.9. The number of anilines is 1. The van der Waals surface area contributed by atoms with Gasteiger partial charge < -0.3 is 10.1 Å². The van der Waals surface area contributed by atoms with Gasteiger partial charge in [0, 0.05) is 18.8 Å². The van der Waals surface area contributed by atoms with E-state index in [-0.39, 0.29) is 23.5 Å². The summed E-state index contributed by atoms with van der Waals surface area (Å²) < 4.78 is 33.0. The second-order valence-corrected chi connectivity index (χ2v) is 7.79. The fraction of sp³-hybridized carbons (Fsp3) is 0.211. The lowest BCUT2D eigenvalue weighted by Crippen LogP contribution is -2.42. The number of nitrogens with zero attached hydrogens (tertiary/aromatic N) is 1. The van der Waals surface area contributed by atoms with E-state index in [2.05, 4.69) is 11.9 Å². The summed E-state index contributed by atoms with van der Waals surface area (Å²) in [6.45, 7) is 4.29. The maximum Gasteiger partial charge on any atom is 0.247 e. The van der Waals surface area contributed by atoms with Gasteiger partial charge in [-0.2, -0.15) is 4.31 Å². The first-order valence-electron chi connectivity index (χ1n) is 8.21. The molecule has 0 radical (unpaired) electrons. The van der Waals surface area contributed by atoms with Gasteiger partial charge in [0.05, 0.1) is 17.6 Å². The van der Waals surface area contributed by atoms with Crippen molar-refractivity contribution in [2.24, 2.45) is 0 Å². The minimum absolute atomic E-state index is 0.183. The highest BCUT2D eigenvalue weighted by Crippen LogP contribution is 2.26. The number of amides is 1. The van der Waals surface area contributed by atoms with Crippen molar-refractivity contribution < 1.29 is 17.9 Å². The van der Waals surface area contributed by atoms with Crippen molar-refractivity contribution in [2.75, 3.05) is 25.0 Å². The molecule has 1 unspecified atom stereocenters. The Balaban J connectivity index is 1.76. The highest BCUT2D eigenvalue weighted by Gasteiger charge is 2.31. The summed E-state index contributed by atoms with van der Waals surface area (Å²) in [5, 5.41) is 2.59. The molecule has 136 valence electrons. The molecule has 0 saturated carbocycles. The summed E-state index contributed by atoms with van der Waals surface area (Å²) in [6.07, 6.45) is 0.869. The number of rotatable bonds is 5. The zero-order valence-corrected chi connectivity index (χ0v) is 15.0. The Kier molecular flexibility index (Phi) is 5.51. The SMILES string of the molecule is C=CC(=O)Nc1ccc(S(=O)(=O)N2CCOC(c3ccccc3)C2)cc1. The van der Waals surface area contributed by atoms with E-state index in [1.807, 2.05) is 30.3 Å². The maximum absolute atomic E-state index is 12.9. The number of morpholine rings is 1. The largest absolute Gasteiger partial charge is 0.371 e. The predicted octanol–water partition coefficient (Wildman–Crippen LogP) is 2.57. The third kappa shape index (κ3) is 4.01. The molecule has 1 N–H and O–H groups in total. The van der Waals surface area contributed by atoms with Crippen LogP contribution in [0, 0.1) is 0 Å². The van der Waals surface area contributed by atoms with Crippen molar-refractivity contribution >= 4 is 21.6 Å². The van der Waals surface area contributed by atoms with E-state index in [4.69, 9.17) is 4.74 Å². The van der Waals surface area contributed by atoms with Gasteiger partial charge in [-0.25, -0.2) is 8.42 Å². The molecule has 0 spiro atoms. The lowest BCUT2D eigenvalue weighted by molar-refractivity contribution is -0.111. The molecule has 1 aliphatic heterocycles. The van der Waals surface area contributed by atoms with Crippen LogP contribution in [-0.2, 0) is 19.6 Å². The summed E-state index contributed by atoms with van der Waals surface area (Å²) in [6, 6.07) is 15.7. The van der Waals surface area contributed by atoms with E-state index < -0.39 is 10.0 Å². The van der Waals surface area contributed by atoms with Crippen LogP contribution >= 0.6 is 0 Å². The molecule has 1 saturated heterocycles. The number of benzene rings is 2. The van der Waals surface area contributed by atoms with Crippen LogP contribution in [0.3, 0.4) is 0 Å². The lowest BCUT2D eigenvalue weighted by Gasteiger charge is -2.32. The number of nitrogens with one attached hydrogen (secondary N) is 1. The monoisotopic (exact) mass is 372 g/mol. The molecule has 1 heterocycles. The standard InChI is InChI=1S/C19H20N2O4S/c1-2-19(22)20-16-8-10-17(11-9-16)26(23,24)21-12-13-25-18(14-21)15-6-4-3-5-7-15/h2-11,18H,1,12-14H2,(H,20,22). The molecule has 1 fully saturated rings. The van der Waals surface area contributed by atoms with Gasteiger partial charge >= 0.3 is 0 Å². The molecule has 6 nitrogen and oxygen atoms in total. The molecular weight excluding hydrogens is 352 g/mol. The van der Waals surface area contributed by atoms with Crippen LogP contribution in [-0.4, -0.2) is 38.3 Å². The first kappa shape index (κ1) is 18.3. The summed E-state index contributed by atoms with van der Waals surface area (Å²) in [7, 11) is -3.63. The predicted molar refractivity (Wildman–Crippen MR) is 99.2 cm³/mol. The Bertz CT molecular complexity index is 880. The second-order valence-electron chi connectivity index (χ2n) is 5.85. The van der Waals surface area contributed by atoms with Crippen LogP contribution < -0.4 is 5.32 Å². The first-order chi connectivity index (χ1) is 12.5. The average molecular weight is 372 g/mol. The molecule has 2 aromatic rings. The summed E-state index contributed by atoms with van der Waals surface area (Å²) in [5.41, 5.74) is 1.47. The van der Waals surface area contributed by atoms with E-state index in [9.17, 15) is 13.2 Å². The fourth-order valence-corrected chi connectivity index (χ4v) is 4.19. The van der Waals surface area contributed by atoms with Crippen molar-refractivity contribution in [1.82, 2.24) is 4.31 Å². The van der Waals surface area contributed by atoms with Crippen molar-refractivity contribution in [3.8, 4) is 0 Å². The van der Waals surface area contributed by atoms with Gasteiger partial charge in [-0.1, -0.05) is 36.9 Å². The Morgan fingerprint density at radius 1 is 1.15 bits per heavy atom. The number of hydrogen-bond acceptors (Lipinski definition) is 4. The smallest absolute Gasteiger partial charge is 0.247 e. The van der Waals surface area contributed by atoms with Crippen LogP contribution in [0.5, 0.6) is 0 Å². The van der Waals surface area contributed by atoms with E-state index in [1.54, 1.807) is 12.1 Å². The second kappa shape index (κ2) is 7.82. The highest BCUT2D eigenvalue weighted by molar-refractivity contribution is 7.89. The molecule has 1 atom stereocenters. The Morgan fingerprint density at radius 3 is 2.50 bits per heavy atom. The minimum Gasteiger partial charge on any atom is -0.371 e.